The molecule has 0 aliphatic rings. The van der Waals surface area contributed by atoms with Crippen LogP contribution in [0.25, 0.3) is 0 Å². The van der Waals surface area contributed by atoms with Gasteiger partial charge in [0.25, 0.3) is 0 Å². The number of likely N-dealkylation sites (N-methyl/N-ethyl adjacent to an activating group) is 1. The second kappa shape index (κ2) is 7.67. The van der Waals surface area contributed by atoms with Crippen molar-refractivity contribution >= 4 is 23.1 Å². The highest BCUT2D eigenvalue weighted by molar-refractivity contribution is 7.10. The summed E-state index contributed by atoms with van der Waals surface area (Å²) in [5.74, 6) is 0. The summed E-state index contributed by atoms with van der Waals surface area (Å²) in [5, 5.41) is 7.23. The van der Waals surface area contributed by atoms with Gasteiger partial charge >= 0.3 is 12.2 Å². The summed E-state index contributed by atoms with van der Waals surface area (Å²) in [6, 6.07) is 7.83. The number of carbonyl (C=O) groups is 1. The average Bonchev–Trinajstić information content (AvgIpc) is 3.00. The van der Waals surface area contributed by atoms with Crippen LogP contribution in [-0.2, 0) is 6.18 Å². The lowest BCUT2D eigenvalue weighted by atomic mass is 10.2. The van der Waals surface area contributed by atoms with E-state index in [1.165, 1.54) is 12.1 Å². The Morgan fingerprint density at radius 2 is 1.88 bits per heavy atom. The molecule has 0 fully saturated rings. The molecular formula is C16H18F3N3OS. The number of nitrogens with zero attached hydrogens (tertiary/aromatic N) is 1. The van der Waals surface area contributed by atoms with Gasteiger partial charge in [0.2, 0.25) is 0 Å². The molecule has 1 unspecified atom stereocenters. The number of halogens is 3. The monoisotopic (exact) mass is 357 g/mol. The Kier molecular flexibility index (Phi) is 5.84. The summed E-state index contributed by atoms with van der Waals surface area (Å²) in [6.07, 6.45) is -4.39. The lowest BCUT2D eigenvalue weighted by Gasteiger charge is -2.23. The first kappa shape index (κ1) is 18.3. The molecule has 0 saturated carbocycles. The molecule has 1 aromatic carbocycles. The maximum absolute atomic E-state index is 12.5. The molecule has 1 heterocycles. The number of benzene rings is 1. The molecule has 1 aromatic heterocycles. The van der Waals surface area contributed by atoms with Crippen molar-refractivity contribution in [3.8, 4) is 0 Å². The second-order valence-corrected chi connectivity index (χ2v) is 6.38. The predicted octanol–water partition coefficient (Wildman–Crippen LogP) is 4.19. The molecule has 1 atom stereocenters. The summed E-state index contributed by atoms with van der Waals surface area (Å²) in [5.41, 5.74) is -0.447. The number of amides is 2. The number of urea groups is 1. The maximum Gasteiger partial charge on any atom is 0.416 e. The van der Waals surface area contributed by atoms with Crippen molar-refractivity contribution in [2.75, 3.05) is 26.0 Å². The van der Waals surface area contributed by atoms with Crippen LogP contribution in [0.15, 0.2) is 41.8 Å². The van der Waals surface area contributed by atoms with E-state index in [9.17, 15) is 18.0 Å². The van der Waals surface area contributed by atoms with E-state index < -0.39 is 17.8 Å². The molecule has 2 rings (SSSR count). The molecule has 2 N–H and O–H groups in total. The molecule has 24 heavy (non-hydrogen) atoms. The first-order valence-electron chi connectivity index (χ1n) is 7.19. The normalized spacial score (nSPS) is 12.9. The Morgan fingerprint density at radius 3 is 2.38 bits per heavy atom. The van der Waals surface area contributed by atoms with Gasteiger partial charge in [0.1, 0.15) is 0 Å². The third-order valence-electron chi connectivity index (χ3n) is 3.42. The summed E-state index contributed by atoms with van der Waals surface area (Å²) in [4.78, 5) is 15.0. The zero-order chi connectivity index (χ0) is 17.7. The lowest BCUT2D eigenvalue weighted by Crippen LogP contribution is -2.36. The quantitative estimate of drug-likeness (QED) is 0.843. The molecule has 130 valence electrons. The Balaban J connectivity index is 1.91. The Labute approximate surface area is 142 Å². The topological polar surface area (TPSA) is 44.4 Å². The highest BCUT2D eigenvalue weighted by atomic mass is 32.1. The van der Waals surface area contributed by atoms with Crippen LogP contribution in [-0.4, -0.2) is 31.6 Å². The van der Waals surface area contributed by atoms with E-state index in [1.807, 2.05) is 36.5 Å². The first-order chi connectivity index (χ1) is 11.3. The molecule has 0 saturated heterocycles. The Morgan fingerprint density at radius 1 is 1.21 bits per heavy atom. The first-order valence-corrected chi connectivity index (χ1v) is 8.07. The van der Waals surface area contributed by atoms with Crippen LogP contribution in [0.5, 0.6) is 0 Å². The number of thiophene rings is 1. The Hall–Kier alpha value is -2.06. The number of carbonyl (C=O) groups excluding carboxylic acids is 1. The van der Waals surface area contributed by atoms with Crippen molar-refractivity contribution in [3.63, 3.8) is 0 Å². The molecule has 0 aliphatic heterocycles. The van der Waals surface area contributed by atoms with E-state index in [2.05, 4.69) is 10.6 Å². The molecule has 0 radical (unpaired) electrons. The minimum Gasteiger partial charge on any atom is -0.336 e. The molecular weight excluding hydrogens is 339 g/mol. The van der Waals surface area contributed by atoms with Crippen LogP contribution in [0, 0.1) is 0 Å². The van der Waals surface area contributed by atoms with E-state index in [4.69, 9.17) is 0 Å². The number of hydrogen-bond donors (Lipinski definition) is 2. The van der Waals surface area contributed by atoms with Crippen molar-refractivity contribution in [2.24, 2.45) is 0 Å². The van der Waals surface area contributed by atoms with Crippen molar-refractivity contribution in [2.45, 2.75) is 12.2 Å². The number of anilines is 1. The van der Waals surface area contributed by atoms with E-state index in [0.717, 1.165) is 17.0 Å². The van der Waals surface area contributed by atoms with Gasteiger partial charge < -0.3 is 15.5 Å². The van der Waals surface area contributed by atoms with Gasteiger partial charge in [-0.3, -0.25) is 0 Å². The number of hydrogen-bond acceptors (Lipinski definition) is 3. The molecule has 2 aromatic rings. The SMILES string of the molecule is CN(C)C(CNC(=O)Nc1ccc(C(F)(F)F)cc1)c1cccs1. The van der Waals surface area contributed by atoms with Crippen molar-refractivity contribution in [3.05, 3.63) is 52.2 Å². The minimum absolute atomic E-state index is 0.0309. The molecule has 0 aliphatic carbocycles. The number of nitrogens with one attached hydrogen (secondary N) is 2. The maximum atomic E-state index is 12.5. The highest BCUT2D eigenvalue weighted by Gasteiger charge is 2.30. The fraction of sp³-hybridized carbons (Fsp3) is 0.312. The van der Waals surface area contributed by atoms with Crippen LogP contribution in [0.3, 0.4) is 0 Å². The third kappa shape index (κ3) is 4.97. The third-order valence-corrected chi connectivity index (χ3v) is 4.39. The summed E-state index contributed by atoms with van der Waals surface area (Å²) in [7, 11) is 3.83. The van der Waals surface area contributed by atoms with Crippen LogP contribution in [0.2, 0.25) is 0 Å². The van der Waals surface area contributed by atoms with E-state index in [-0.39, 0.29) is 6.04 Å². The zero-order valence-electron chi connectivity index (χ0n) is 13.2. The van der Waals surface area contributed by atoms with E-state index in [0.29, 0.717) is 12.2 Å². The predicted molar refractivity (Wildman–Crippen MR) is 89.2 cm³/mol. The van der Waals surface area contributed by atoms with Crippen molar-refractivity contribution in [1.82, 2.24) is 10.2 Å². The van der Waals surface area contributed by atoms with Gasteiger partial charge in [-0.15, -0.1) is 11.3 Å². The lowest BCUT2D eigenvalue weighted by molar-refractivity contribution is -0.137. The highest BCUT2D eigenvalue weighted by Crippen LogP contribution is 2.29. The molecule has 8 heteroatoms. The summed E-state index contributed by atoms with van der Waals surface area (Å²) >= 11 is 1.60. The second-order valence-electron chi connectivity index (χ2n) is 5.40. The summed E-state index contributed by atoms with van der Waals surface area (Å²) < 4.78 is 37.5. The Bertz CT molecular complexity index is 654. The zero-order valence-corrected chi connectivity index (χ0v) is 14.0. The number of alkyl halides is 3. The van der Waals surface area contributed by atoms with Crippen LogP contribution in [0.4, 0.5) is 23.7 Å². The largest absolute Gasteiger partial charge is 0.416 e. The summed E-state index contributed by atoms with van der Waals surface area (Å²) in [6.45, 7) is 0.389. The molecule has 0 spiro atoms. The minimum atomic E-state index is -4.39. The smallest absolute Gasteiger partial charge is 0.336 e. The van der Waals surface area contributed by atoms with Gasteiger partial charge in [-0.2, -0.15) is 13.2 Å². The van der Waals surface area contributed by atoms with Gasteiger partial charge in [-0.05, 0) is 49.8 Å². The van der Waals surface area contributed by atoms with Gasteiger partial charge in [-0.25, -0.2) is 4.79 Å². The van der Waals surface area contributed by atoms with Gasteiger partial charge in [0, 0.05) is 17.1 Å². The van der Waals surface area contributed by atoms with Gasteiger partial charge in [-0.1, -0.05) is 6.07 Å². The van der Waals surface area contributed by atoms with Crippen LogP contribution >= 0.6 is 11.3 Å². The van der Waals surface area contributed by atoms with E-state index >= 15 is 0 Å². The van der Waals surface area contributed by atoms with Crippen LogP contribution < -0.4 is 10.6 Å². The van der Waals surface area contributed by atoms with E-state index in [1.54, 1.807) is 11.3 Å². The molecule has 4 nitrogen and oxygen atoms in total. The number of rotatable bonds is 5. The van der Waals surface area contributed by atoms with Gasteiger partial charge in [0.05, 0.1) is 11.6 Å². The molecule has 2 amide bonds. The average molecular weight is 357 g/mol. The fourth-order valence-electron chi connectivity index (χ4n) is 2.13. The van der Waals surface area contributed by atoms with Crippen LogP contribution in [0.1, 0.15) is 16.5 Å². The van der Waals surface area contributed by atoms with Gasteiger partial charge in [0.15, 0.2) is 0 Å². The standard InChI is InChI=1S/C16H18F3N3OS/c1-22(2)13(14-4-3-9-24-14)10-20-15(23)21-12-7-5-11(6-8-12)16(17,18)19/h3-9,13H,10H2,1-2H3,(H2,20,21,23). The fourth-order valence-corrected chi connectivity index (χ4v) is 3.05. The van der Waals surface area contributed by atoms with Crippen molar-refractivity contribution < 1.29 is 18.0 Å². The molecule has 0 bridgehead atoms. The van der Waals surface area contributed by atoms with Crippen molar-refractivity contribution in [1.29, 1.82) is 0 Å².